The van der Waals surface area contributed by atoms with Gasteiger partial charge in [-0.1, -0.05) is 12.5 Å². The molecular weight excluding hydrogens is 418 g/mol. The second-order valence-electron chi connectivity index (χ2n) is 6.71. The van der Waals surface area contributed by atoms with Crippen LogP contribution in [0, 0.1) is 11.6 Å². The lowest BCUT2D eigenvalue weighted by Crippen LogP contribution is -2.35. The summed E-state index contributed by atoms with van der Waals surface area (Å²) < 4.78 is 58.5. The molecule has 2 aromatic rings. The van der Waals surface area contributed by atoms with Crippen molar-refractivity contribution >= 4 is 27.6 Å². The first kappa shape index (κ1) is 21.8. The van der Waals surface area contributed by atoms with E-state index < -0.39 is 45.8 Å². The fourth-order valence-corrected chi connectivity index (χ4v) is 4.54. The fraction of sp³-hybridized carbons (Fsp3) is 0.300. The number of sulfonamides is 1. The number of rotatable bonds is 6. The molecule has 1 amide bonds. The molecule has 10 heteroatoms. The number of amides is 1. The quantitative estimate of drug-likeness (QED) is 0.700. The van der Waals surface area contributed by atoms with Gasteiger partial charge in [0.15, 0.2) is 6.61 Å². The van der Waals surface area contributed by atoms with Crippen molar-refractivity contribution < 1.29 is 31.5 Å². The number of carbonyl (C=O) groups is 2. The molecule has 30 heavy (non-hydrogen) atoms. The molecule has 0 spiro atoms. The molecule has 0 aromatic heterocycles. The molecule has 1 aliphatic rings. The van der Waals surface area contributed by atoms with E-state index in [0.29, 0.717) is 13.1 Å². The van der Waals surface area contributed by atoms with Crippen molar-refractivity contribution in [3.05, 3.63) is 59.7 Å². The van der Waals surface area contributed by atoms with Crippen LogP contribution in [0.15, 0.2) is 47.4 Å². The number of nitrogens with one attached hydrogen (secondary N) is 1. The topological polar surface area (TPSA) is 92.8 Å². The van der Waals surface area contributed by atoms with Gasteiger partial charge in [0.05, 0.1) is 10.5 Å². The summed E-state index contributed by atoms with van der Waals surface area (Å²) in [6, 6.07) is 8.27. The fourth-order valence-electron chi connectivity index (χ4n) is 3.02. The Morgan fingerprint density at radius 2 is 1.57 bits per heavy atom. The molecule has 0 aliphatic carbocycles. The summed E-state index contributed by atoms with van der Waals surface area (Å²) in [7, 11) is -3.63. The molecule has 1 N–H and O–H groups in total. The minimum Gasteiger partial charge on any atom is -0.452 e. The average molecular weight is 438 g/mol. The van der Waals surface area contributed by atoms with Crippen molar-refractivity contribution in [3.8, 4) is 0 Å². The molecule has 2 aromatic carbocycles. The second-order valence-corrected chi connectivity index (χ2v) is 8.65. The molecule has 1 saturated heterocycles. The van der Waals surface area contributed by atoms with Gasteiger partial charge in [0.2, 0.25) is 10.0 Å². The van der Waals surface area contributed by atoms with Crippen molar-refractivity contribution in [2.75, 3.05) is 25.0 Å². The number of benzene rings is 2. The van der Waals surface area contributed by atoms with Crippen molar-refractivity contribution in [2.45, 2.75) is 24.2 Å². The number of piperidine rings is 1. The van der Waals surface area contributed by atoms with Gasteiger partial charge in [0.1, 0.15) is 17.3 Å². The molecule has 0 atom stereocenters. The summed E-state index contributed by atoms with van der Waals surface area (Å²) in [5.41, 5.74) is -0.594. The van der Waals surface area contributed by atoms with Gasteiger partial charge in [0.25, 0.3) is 5.91 Å². The van der Waals surface area contributed by atoms with Gasteiger partial charge >= 0.3 is 5.97 Å². The molecule has 3 rings (SSSR count). The highest BCUT2D eigenvalue weighted by Crippen LogP contribution is 2.21. The van der Waals surface area contributed by atoms with E-state index in [1.807, 2.05) is 5.32 Å². The van der Waals surface area contributed by atoms with Crippen LogP contribution in [0.5, 0.6) is 0 Å². The maximum atomic E-state index is 13.5. The third-order valence-electron chi connectivity index (χ3n) is 4.60. The maximum Gasteiger partial charge on any atom is 0.338 e. The molecule has 7 nitrogen and oxygen atoms in total. The first-order valence-electron chi connectivity index (χ1n) is 9.30. The monoisotopic (exact) mass is 438 g/mol. The summed E-state index contributed by atoms with van der Waals surface area (Å²) in [5.74, 6) is -3.71. The van der Waals surface area contributed by atoms with E-state index in [2.05, 4.69) is 0 Å². The summed E-state index contributed by atoms with van der Waals surface area (Å²) in [6.45, 7) is 0.161. The minimum absolute atomic E-state index is 0.0393. The zero-order valence-corrected chi connectivity index (χ0v) is 16.8. The van der Waals surface area contributed by atoms with E-state index in [-0.39, 0.29) is 10.5 Å². The first-order valence-corrected chi connectivity index (χ1v) is 10.7. The van der Waals surface area contributed by atoms with E-state index in [1.165, 1.54) is 28.6 Å². The number of ether oxygens (including phenoxy) is 1. The molecule has 0 radical (unpaired) electrons. The van der Waals surface area contributed by atoms with Crippen LogP contribution in [0.25, 0.3) is 0 Å². The smallest absolute Gasteiger partial charge is 0.338 e. The molecule has 160 valence electrons. The second kappa shape index (κ2) is 9.31. The van der Waals surface area contributed by atoms with Crippen molar-refractivity contribution in [3.63, 3.8) is 0 Å². The highest BCUT2D eigenvalue weighted by atomic mass is 32.2. The van der Waals surface area contributed by atoms with Crippen LogP contribution in [0.3, 0.4) is 0 Å². The van der Waals surface area contributed by atoms with Gasteiger partial charge in [-0.2, -0.15) is 4.31 Å². The van der Waals surface area contributed by atoms with E-state index in [9.17, 15) is 26.8 Å². The van der Waals surface area contributed by atoms with E-state index in [0.717, 1.165) is 37.5 Å². The van der Waals surface area contributed by atoms with Gasteiger partial charge in [-0.3, -0.25) is 4.79 Å². The van der Waals surface area contributed by atoms with Gasteiger partial charge in [0, 0.05) is 13.1 Å². The Bertz CT molecular complexity index is 1020. The summed E-state index contributed by atoms with van der Waals surface area (Å²) in [4.78, 5) is 24.0. The third-order valence-corrected chi connectivity index (χ3v) is 6.52. The molecule has 1 heterocycles. The largest absolute Gasteiger partial charge is 0.452 e. The average Bonchev–Trinajstić information content (AvgIpc) is 2.75. The molecule has 0 unspecified atom stereocenters. The SMILES string of the molecule is O=C(COC(=O)c1ccc(S(=O)(=O)N2CCCCC2)cc1)Nc1c(F)cccc1F. The first-order chi connectivity index (χ1) is 14.3. The number of esters is 1. The Labute approximate surface area is 172 Å². The number of hydrogen-bond donors (Lipinski definition) is 1. The molecule has 0 saturated carbocycles. The zero-order chi connectivity index (χ0) is 21.7. The normalized spacial score (nSPS) is 14.9. The van der Waals surface area contributed by atoms with Crippen LogP contribution in [0.4, 0.5) is 14.5 Å². The van der Waals surface area contributed by atoms with E-state index in [4.69, 9.17) is 4.74 Å². The van der Waals surface area contributed by atoms with Crippen molar-refractivity contribution in [1.29, 1.82) is 0 Å². The summed E-state index contributed by atoms with van der Waals surface area (Å²) in [5, 5.41) is 2.00. The lowest BCUT2D eigenvalue weighted by atomic mass is 10.2. The zero-order valence-electron chi connectivity index (χ0n) is 15.9. The van der Waals surface area contributed by atoms with E-state index >= 15 is 0 Å². The maximum absolute atomic E-state index is 13.5. The molecule has 1 fully saturated rings. The van der Waals surface area contributed by atoms with Gasteiger partial charge in [-0.25, -0.2) is 22.0 Å². The number of carbonyl (C=O) groups excluding carboxylic acids is 2. The number of halogens is 2. The van der Waals surface area contributed by atoms with Crippen LogP contribution in [-0.2, 0) is 19.6 Å². The number of hydrogen-bond acceptors (Lipinski definition) is 5. The Balaban J connectivity index is 1.59. The summed E-state index contributed by atoms with van der Waals surface area (Å²) >= 11 is 0. The Morgan fingerprint density at radius 1 is 0.967 bits per heavy atom. The van der Waals surface area contributed by atoms with Crippen LogP contribution < -0.4 is 5.32 Å². The highest BCUT2D eigenvalue weighted by molar-refractivity contribution is 7.89. The van der Waals surface area contributed by atoms with Gasteiger partial charge < -0.3 is 10.1 Å². The van der Waals surface area contributed by atoms with E-state index in [1.54, 1.807) is 0 Å². The Hall–Kier alpha value is -2.85. The van der Waals surface area contributed by atoms with Crippen molar-refractivity contribution in [1.82, 2.24) is 4.31 Å². The van der Waals surface area contributed by atoms with Crippen LogP contribution in [-0.4, -0.2) is 44.3 Å². The van der Waals surface area contributed by atoms with Crippen molar-refractivity contribution in [2.24, 2.45) is 0 Å². The Morgan fingerprint density at radius 3 is 2.17 bits per heavy atom. The number of anilines is 1. The van der Waals surface area contributed by atoms with Crippen LogP contribution >= 0.6 is 0 Å². The lowest BCUT2D eigenvalue weighted by Gasteiger charge is -2.25. The molecular formula is C20H20F2N2O5S. The van der Waals surface area contributed by atoms with Crippen LogP contribution in [0.2, 0.25) is 0 Å². The number of nitrogens with zero attached hydrogens (tertiary/aromatic N) is 1. The molecule has 0 bridgehead atoms. The highest BCUT2D eigenvalue weighted by Gasteiger charge is 2.26. The predicted octanol–water partition coefficient (Wildman–Crippen LogP) is 2.93. The van der Waals surface area contributed by atoms with Crippen LogP contribution in [0.1, 0.15) is 29.6 Å². The number of para-hydroxylation sites is 1. The molecule has 1 aliphatic heterocycles. The summed E-state index contributed by atoms with van der Waals surface area (Å²) in [6.07, 6.45) is 2.61. The van der Waals surface area contributed by atoms with Gasteiger partial charge in [-0.15, -0.1) is 0 Å². The standard InChI is InChI=1S/C20H20F2N2O5S/c21-16-5-4-6-17(22)19(16)23-18(25)13-29-20(26)14-7-9-15(10-8-14)30(27,28)24-11-2-1-3-12-24/h4-10H,1-3,11-13H2,(H,23,25). The third kappa shape index (κ3) is 5.00. The predicted molar refractivity (Wildman–Crippen MR) is 104 cm³/mol. The Kier molecular flexibility index (Phi) is 6.78. The lowest BCUT2D eigenvalue weighted by molar-refractivity contribution is -0.119. The van der Waals surface area contributed by atoms with Gasteiger partial charge in [-0.05, 0) is 49.2 Å². The minimum atomic E-state index is -3.63.